The van der Waals surface area contributed by atoms with Gasteiger partial charge in [0.1, 0.15) is 11.6 Å². The molecule has 0 spiro atoms. The predicted molar refractivity (Wildman–Crippen MR) is 119 cm³/mol. The zero-order valence-corrected chi connectivity index (χ0v) is 18.2. The second kappa shape index (κ2) is 9.32. The Balaban J connectivity index is 1.46. The maximum Gasteiger partial charge on any atom is 0.340 e. The second-order valence-electron chi connectivity index (χ2n) is 7.15. The van der Waals surface area contributed by atoms with Crippen molar-refractivity contribution in [2.45, 2.75) is 4.90 Å². The van der Waals surface area contributed by atoms with E-state index in [2.05, 4.69) is 10.0 Å². The van der Waals surface area contributed by atoms with Crippen LogP contribution in [0.15, 0.2) is 71.6 Å². The normalized spacial score (nSPS) is 12.7. The summed E-state index contributed by atoms with van der Waals surface area (Å²) in [5.41, 5.74) is 0.321. The minimum absolute atomic E-state index is 0.0714. The van der Waals surface area contributed by atoms with Gasteiger partial charge in [-0.05, 0) is 54.6 Å². The SMILES string of the molecule is O=C1COc2ccc(C(=O)COC(=O)c3ccccc3NS(=O)(=O)c3ccc(F)cc3)cc2N1. The first-order valence-corrected chi connectivity index (χ1v) is 11.4. The van der Waals surface area contributed by atoms with Gasteiger partial charge in [0.2, 0.25) is 0 Å². The number of anilines is 2. The third-order valence-corrected chi connectivity index (χ3v) is 6.17. The molecule has 3 aromatic carbocycles. The number of halogens is 1. The van der Waals surface area contributed by atoms with Crippen molar-refractivity contribution in [3.8, 4) is 5.75 Å². The Morgan fingerprint density at radius 1 is 1.06 bits per heavy atom. The lowest BCUT2D eigenvalue weighted by Gasteiger charge is -2.18. The highest BCUT2D eigenvalue weighted by molar-refractivity contribution is 7.92. The topological polar surface area (TPSA) is 128 Å². The summed E-state index contributed by atoms with van der Waals surface area (Å²) < 4.78 is 50.9. The van der Waals surface area contributed by atoms with Crippen LogP contribution in [0.3, 0.4) is 0 Å². The standard InChI is InChI=1S/C23H17FN2O7S/c24-15-6-8-16(9-7-15)34(30,31)26-18-4-2-1-3-17(18)23(29)33-12-20(27)14-5-10-21-19(11-14)25-22(28)13-32-21/h1-11,26H,12-13H2,(H,25,28). The van der Waals surface area contributed by atoms with E-state index in [9.17, 15) is 27.2 Å². The number of esters is 1. The Hall–Kier alpha value is -4.25. The number of hydrogen-bond donors (Lipinski definition) is 2. The highest BCUT2D eigenvalue weighted by Gasteiger charge is 2.22. The number of carbonyl (C=O) groups excluding carboxylic acids is 3. The van der Waals surface area contributed by atoms with E-state index < -0.39 is 34.2 Å². The zero-order valence-electron chi connectivity index (χ0n) is 17.4. The molecule has 1 aliphatic heterocycles. The predicted octanol–water partition coefficient (Wildman–Crippen LogP) is 3.00. The number of benzene rings is 3. The van der Waals surface area contributed by atoms with Crippen LogP contribution in [0.2, 0.25) is 0 Å². The molecule has 1 heterocycles. The van der Waals surface area contributed by atoms with Gasteiger partial charge in [-0.3, -0.25) is 14.3 Å². The van der Waals surface area contributed by atoms with Gasteiger partial charge >= 0.3 is 5.97 Å². The van der Waals surface area contributed by atoms with Crippen LogP contribution < -0.4 is 14.8 Å². The van der Waals surface area contributed by atoms with Crippen LogP contribution in [-0.2, 0) is 19.6 Å². The van der Waals surface area contributed by atoms with E-state index in [0.717, 1.165) is 24.3 Å². The van der Waals surface area contributed by atoms with Crippen LogP contribution in [0, 0.1) is 5.82 Å². The molecule has 0 unspecified atom stereocenters. The maximum absolute atomic E-state index is 13.1. The van der Waals surface area contributed by atoms with E-state index in [4.69, 9.17) is 9.47 Å². The van der Waals surface area contributed by atoms with Crippen molar-refractivity contribution in [2.75, 3.05) is 23.3 Å². The Labute approximate surface area is 193 Å². The van der Waals surface area contributed by atoms with E-state index in [0.29, 0.717) is 11.4 Å². The zero-order chi connectivity index (χ0) is 24.3. The molecule has 11 heteroatoms. The summed E-state index contributed by atoms with van der Waals surface area (Å²) in [5.74, 6) is -2.01. The second-order valence-corrected chi connectivity index (χ2v) is 8.83. The first-order valence-electron chi connectivity index (χ1n) is 9.87. The number of sulfonamides is 1. The molecule has 0 saturated carbocycles. The van der Waals surface area contributed by atoms with E-state index >= 15 is 0 Å². The molecule has 3 aromatic rings. The molecule has 0 aliphatic carbocycles. The molecule has 0 bridgehead atoms. The quantitative estimate of drug-likeness (QED) is 0.390. The van der Waals surface area contributed by atoms with E-state index in [1.807, 2.05) is 0 Å². The van der Waals surface area contributed by atoms with Crippen molar-refractivity contribution >= 4 is 39.1 Å². The number of nitrogens with one attached hydrogen (secondary N) is 2. The molecule has 4 rings (SSSR count). The number of carbonyl (C=O) groups is 3. The van der Waals surface area contributed by atoms with Gasteiger partial charge in [0, 0.05) is 5.56 Å². The molecular formula is C23H17FN2O7S. The fourth-order valence-electron chi connectivity index (χ4n) is 3.12. The van der Waals surface area contributed by atoms with Gasteiger partial charge in [0.15, 0.2) is 19.0 Å². The lowest BCUT2D eigenvalue weighted by Crippen LogP contribution is -2.25. The van der Waals surface area contributed by atoms with Crippen molar-refractivity contribution < 1.29 is 36.7 Å². The summed E-state index contributed by atoms with van der Waals surface area (Å²) >= 11 is 0. The Morgan fingerprint density at radius 3 is 2.56 bits per heavy atom. The average Bonchev–Trinajstić information content (AvgIpc) is 2.82. The van der Waals surface area contributed by atoms with E-state index in [-0.39, 0.29) is 34.2 Å². The highest BCUT2D eigenvalue weighted by Crippen LogP contribution is 2.28. The fourth-order valence-corrected chi connectivity index (χ4v) is 4.20. The number of fused-ring (bicyclic) bond motifs is 1. The van der Waals surface area contributed by atoms with Gasteiger partial charge in [-0.15, -0.1) is 0 Å². The minimum atomic E-state index is -4.11. The average molecular weight is 484 g/mol. The Kier molecular flexibility index (Phi) is 6.28. The molecule has 34 heavy (non-hydrogen) atoms. The number of rotatable bonds is 7. The van der Waals surface area contributed by atoms with Crippen molar-refractivity contribution in [1.29, 1.82) is 0 Å². The lowest BCUT2D eigenvalue weighted by atomic mass is 10.1. The number of Topliss-reactive ketones (excluding diaryl/α,β-unsaturated/α-hetero) is 1. The first-order chi connectivity index (χ1) is 16.2. The number of ketones is 1. The number of para-hydroxylation sites is 1. The van der Waals surface area contributed by atoms with E-state index in [1.54, 1.807) is 0 Å². The summed E-state index contributed by atoms with van der Waals surface area (Å²) in [5, 5.41) is 2.58. The third kappa shape index (κ3) is 5.04. The van der Waals surface area contributed by atoms with Crippen LogP contribution in [0.1, 0.15) is 20.7 Å². The molecule has 174 valence electrons. The van der Waals surface area contributed by atoms with E-state index in [1.165, 1.54) is 42.5 Å². The first kappa shape index (κ1) is 22.9. The van der Waals surface area contributed by atoms with Crippen molar-refractivity contribution in [3.05, 3.63) is 83.7 Å². The largest absolute Gasteiger partial charge is 0.482 e. The van der Waals surface area contributed by atoms with Crippen LogP contribution in [0.5, 0.6) is 5.75 Å². The smallest absolute Gasteiger partial charge is 0.340 e. The van der Waals surface area contributed by atoms with Crippen LogP contribution in [-0.4, -0.2) is 39.3 Å². The monoisotopic (exact) mass is 484 g/mol. The Bertz CT molecular complexity index is 1390. The van der Waals surface area contributed by atoms with Gasteiger partial charge in [0.25, 0.3) is 15.9 Å². The fraction of sp³-hybridized carbons (Fsp3) is 0.0870. The molecule has 0 fully saturated rings. The molecule has 1 amide bonds. The molecule has 2 N–H and O–H groups in total. The maximum atomic E-state index is 13.1. The van der Waals surface area contributed by atoms with Gasteiger partial charge in [0.05, 0.1) is 21.8 Å². The summed E-state index contributed by atoms with van der Waals surface area (Å²) in [6, 6.07) is 14.3. The summed E-state index contributed by atoms with van der Waals surface area (Å²) in [6.45, 7) is -0.742. The molecule has 0 radical (unpaired) electrons. The van der Waals surface area contributed by atoms with Gasteiger partial charge in [-0.2, -0.15) is 0 Å². The van der Waals surface area contributed by atoms with Crippen LogP contribution in [0.25, 0.3) is 0 Å². The van der Waals surface area contributed by atoms with Crippen molar-refractivity contribution in [1.82, 2.24) is 0 Å². The minimum Gasteiger partial charge on any atom is -0.482 e. The molecule has 0 atom stereocenters. The molecule has 9 nitrogen and oxygen atoms in total. The molecular weight excluding hydrogens is 467 g/mol. The Morgan fingerprint density at radius 2 is 1.79 bits per heavy atom. The van der Waals surface area contributed by atoms with Crippen LogP contribution >= 0.6 is 0 Å². The highest BCUT2D eigenvalue weighted by atomic mass is 32.2. The van der Waals surface area contributed by atoms with Crippen LogP contribution in [0.4, 0.5) is 15.8 Å². The summed E-state index contributed by atoms with van der Waals surface area (Å²) in [4.78, 5) is 36.4. The number of amides is 1. The van der Waals surface area contributed by atoms with Gasteiger partial charge in [-0.1, -0.05) is 12.1 Å². The molecule has 0 aromatic heterocycles. The van der Waals surface area contributed by atoms with Gasteiger partial charge in [-0.25, -0.2) is 17.6 Å². The van der Waals surface area contributed by atoms with Crippen molar-refractivity contribution in [2.24, 2.45) is 0 Å². The van der Waals surface area contributed by atoms with Gasteiger partial charge < -0.3 is 14.8 Å². The third-order valence-electron chi connectivity index (χ3n) is 4.78. The van der Waals surface area contributed by atoms with Crippen molar-refractivity contribution in [3.63, 3.8) is 0 Å². The molecule has 0 saturated heterocycles. The lowest BCUT2D eigenvalue weighted by molar-refractivity contribution is -0.118. The number of ether oxygens (including phenoxy) is 2. The molecule has 1 aliphatic rings. The number of hydrogen-bond acceptors (Lipinski definition) is 7. The summed E-state index contributed by atoms with van der Waals surface area (Å²) in [6.07, 6.45) is 0. The summed E-state index contributed by atoms with van der Waals surface area (Å²) in [7, 11) is -4.11.